The zero-order chi connectivity index (χ0) is 18.2. The maximum Gasteiger partial charge on any atom is 0.391 e. The lowest BCUT2D eigenvalue weighted by molar-refractivity contribution is -0.182. The van der Waals surface area contributed by atoms with E-state index >= 15 is 0 Å². The van der Waals surface area contributed by atoms with Gasteiger partial charge in [-0.25, -0.2) is 15.0 Å². The number of nitrogens with zero attached hydrogens (tertiary/aromatic N) is 4. The summed E-state index contributed by atoms with van der Waals surface area (Å²) < 4.78 is 40.0. The smallest absolute Gasteiger partial charge is 0.269 e. The van der Waals surface area contributed by atoms with E-state index < -0.39 is 12.1 Å². The molecule has 3 rings (SSSR count). The molecule has 2 heterocycles. The van der Waals surface area contributed by atoms with E-state index in [0.29, 0.717) is 30.0 Å². The summed E-state index contributed by atoms with van der Waals surface area (Å²) in [5, 5.41) is 0.0455. The Labute approximate surface area is 146 Å². The van der Waals surface area contributed by atoms with Crippen molar-refractivity contribution in [2.24, 2.45) is 5.92 Å². The molecule has 1 aliphatic carbocycles. The van der Waals surface area contributed by atoms with Gasteiger partial charge in [0.15, 0.2) is 0 Å². The van der Waals surface area contributed by atoms with Crippen LogP contribution < -0.4 is 5.56 Å². The summed E-state index contributed by atoms with van der Waals surface area (Å²) in [5.74, 6) is -1.05. The number of hydrogen-bond acceptors (Lipinski definition) is 4. The molecule has 0 saturated heterocycles. The molecule has 134 valence electrons. The lowest BCUT2D eigenvalue weighted by atomic mass is 9.81. The normalized spacial score (nSPS) is 21.3. The van der Waals surface area contributed by atoms with Crippen LogP contribution in [0.5, 0.6) is 0 Å². The third-order valence-corrected chi connectivity index (χ3v) is 4.69. The fourth-order valence-electron chi connectivity index (χ4n) is 3.25. The molecule has 0 atom stereocenters. The molecule has 0 unspecified atom stereocenters. The average molecular weight is 373 g/mol. The summed E-state index contributed by atoms with van der Waals surface area (Å²) >= 11 is 5.68. The number of aryl methyl sites for hydroxylation is 1. The first-order valence-electron chi connectivity index (χ1n) is 7.91. The minimum absolute atomic E-state index is 0.0368. The van der Waals surface area contributed by atoms with Crippen LogP contribution in [0, 0.1) is 12.8 Å². The van der Waals surface area contributed by atoms with Gasteiger partial charge in [-0.3, -0.25) is 9.36 Å². The minimum atomic E-state index is -4.17. The van der Waals surface area contributed by atoms with Gasteiger partial charge in [0.2, 0.25) is 5.28 Å². The lowest BCUT2D eigenvalue weighted by Crippen LogP contribution is -2.31. The van der Waals surface area contributed by atoms with Crippen LogP contribution >= 0.6 is 11.6 Å². The number of alkyl halides is 3. The Bertz CT molecular complexity index is 812. The molecule has 1 fully saturated rings. The molecular formula is C16H16ClF3N4O. The molecule has 2 aromatic heterocycles. The van der Waals surface area contributed by atoms with E-state index in [0.717, 1.165) is 0 Å². The van der Waals surface area contributed by atoms with Gasteiger partial charge in [0.1, 0.15) is 5.82 Å². The van der Waals surface area contributed by atoms with Gasteiger partial charge in [-0.2, -0.15) is 13.2 Å². The third kappa shape index (κ3) is 3.84. The van der Waals surface area contributed by atoms with Crippen molar-refractivity contribution in [2.45, 2.75) is 44.7 Å². The molecule has 1 aliphatic rings. The summed E-state index contributed by atoms with van der Waals surface area (Å²) in [5.41, 5.74) is 0.616. The highest BCUT2D eigenvalue weighted by molar-refractivity contribution is 6.28. The van der Waals surface area contributed by atoms with Crippen LogP contribution in [-0.2, 0) is 0 Å². The quantitative estimate of drug-likeness (QED) is 0.752. The largest absolute Gasteiger partial charge is 0.391 e. The number of halogens is 4. The zero-order valence-corrected chi connectivity index (χ0v) is 14.2. The topological polar surface area (TPSA) is 60.7 Å². The van der Waals surface area contributed by atoms with E-state index in [1.807, 2.05) is 0 Å². The van der Waals surface area contributed by atoms with Crippen LogP contribution in [0.4, 0.5) is 13.2 Å². The second-order valence-corrected chi connectivity index (χ2v) is 6.57. The first-order chi connectivity index (χ1) is 11.8. The molecule has 5 nitrogen and oxygen atoms in total. The maximum absolute atomic E-state index is 12.9. The van der Waals surface area contributed by atoms with Gasteiger partial charge < -0.3 is 0 Å². The van der Waals surface area contributed by atoms with Crippen molar-refractivity contribution in [1.29, 1.82) is 0 Å². The van der Waals surface area contributed by atoms with Crippen molar-refractivity contribution in [2.75, 3.05) is 0 Å². The Hall–Kier alpha value is -1.96. The highest BCUT2D eigenvalue weighted by Crippen LogP contribution is 2.42. The first-order valence-corrected chi connectivity index (χ1v) is 8.28. The van der Waals surface area contributed by atoms with E-state index in [1.165, 1.54) is 23.0 Å². The van der Waals surface area contributed by atoms with Crippen LogP contribution in [0.15, 0.2) is 23.3 Å². The summed E-state index contributed by atoms with van der Waals surface area (Å²) in [6, 6.07) is 1.37. The standard InChI is InChI=1S/C16H16ClF3N4O/c1-9-6-13(25)24(12-7-21-15(17)22-8-12)14(23-9)10-2-4-11(5-3-10)16(18,19)20/h6-8,10-11H,2-5H2,1H3. The molecule has 9 heteroatoms. The summed E-state index contributed by atoms with van der Waals surface area (Å²) in [7, 11) is 0. The molecule has 25 heavy (non-hydrogen) atoms. The number of aromatic nitrogens is 4. The maximum atomic E-state index is 12.9. The van der Waals surface area contributed by atoms with Crippen molar-refractivity contribution >= 4 is 11.6 Å². The van der Waals surface area contributed by atoms with Gasteiger partial charge >= 0.3 is 6.18 Å². The number of rotatable bonds is 2. The first kappa shape index (κ1) is 17.8. The Kier molecular flexibility index (Phi) is 4.81. The average Bonchev–Trinajstić information content (AvgIpc) is 2.55. The van der Waals surface area contributed by atoms with Crippen LogP contribution in [0.1, 0.15) is 43.1 Å². The second kappa shape index (κ2) is 6.74. The van der Waals surface area contributed by atoms with Gasteiger partial charge in [0.05, 0.1) is 24.0 Å². The SMILES string of the molecule is Cc1cc(=O)n(-c2cnc(Cl)nc2)c(C2CCC(C(F)(F)F)CC2)n1. The van der Waals surface area contributed by atoms with E-state index in [4.69, 9.17) is 11.6 Å². The minimum Gasteiger partial charge on any atom is -0.269 e. The molecule has 0 bridgehead atoms. The summed E-state index contributed by atoms with van der Waals surface area (Å²) in [4.78, 5) is 24.6. The molecule has 0 aliphatic heterocycles. The van der Waals surface area contributed by atoms with E-state index in [-0.39, 0.29) is 29.6 Å². The Balaban J connectivity index is 1.97. The Morgan fingerprint density at radius 2 is 1.76 bits per heavy atom. The fourth-order valence-corrected chi connectivity index (χ4v) is 3.35. The predicted molar refractivity (Wildman–Crippen MR) is 85.9 cm³/mol. The van der Waals surface area contributed by atoms with Gasteiger partial charge in [-0.1, -0.05) is 0 Å². The molecule has 1 saturated carbocycles. The van der Waals surface area contributed by atoms with E-state index in [9.17, 15) is 18.0 Å². The van der Waals surface area contributed by atoms with Gasteiger partial charge in [-0.15, -0.1) is 0 Å². The molecule has 0 amide bonds. The highest BCUT2D eigenvalue weighted by Gasteiger charge is 2.42. The van der Waals surface area contributed by atoms with Crippen molar-refractivity contribution in [3.8, 4) is 5.69 Å². The van der Waals surface area contributed by atoms with Crippen LogP contribution in [0.3, 0.4) is 0 Å². The molecule has 0 radical (unpaired) electrons. The summed E-state index contributed by atoms with van der Waals surface area (Å²) in [6.45, 7) is 1.69. The molecule has 0 aromatic carbocycles. The highest BCUT2D eigenvalue weighted by atomic mass is 35.5. The zero-order valence-electron chi connectivity index (χ0n) is 13.4. The molecule has 0 spiro atoms. The second-order valence-electron chi connectivity index (χ2n) is 6.23. The third-order valence-electron chi connectivity index (χ3n) is 4.49. The molecule has 0 N–H and O–H groups in total. The Morgan fingerprint density at radius 3 is 2.32 bits per heavy atom. The van der Waals surface area contributed by atoms with Gasteiger partial charge in [-0.05, 0) is 44.2 Å². The fraction of sp³-hybridized carbons (Fsp3) is 0.500. The van der Waals surface area contributed by atoms with E-state index in [2.05, 4.69) is 15.0 Å². The molecule has 2 aromatic rings. The van der Waals surface area contributed by atoms with Gasteiger partial charge in [0, 0.05) is 17.7 Å². The van der Waals surface area contributed by atoms with Crippen molar-refractivity contribution in [1.82, 2.24) is 19.5 Å². The molecular weight excluding hydrogens is 357 g/mol. The Morgan fingerprint density at radius 1 is 1.16 bits per heavy atom. The lowest BCUT2D eigenvalue weighted by Gasteiger charge is -2.30. The van der Waals surface area contributed by atoms with Crippen LogP contribution in [-0.4, -0.2) is 25.7 Å². The van der Waals surface area contributed by atoms with Crippen LogP contribution in [0.2, 0.25) is 5.28 Å². The van der Waals surface area contributed by atoms with Gasteiger partial charge in [0.25, 0.3) is 5.56 Å². The van der Waals surface area contributed by atoms with E-state index in [1.54, 1.807) is 6.92 Å². The van der Waals surface area contributed by atoms with Crippen molar-refractivity contribution in [3.63, 3.8) is 0 Å². The number of hydrogen-bond donors (Lipinski definition) is 0. The predicted octanol–water partition coefficient (Wildman–Crippen LogP) is 3.82. The summed E-state index contributed by atoms with van der Waals surface area (Å²) in [6.07, 6.45) is -0.640. The van der Waals surface area contributed by atoms with Crippen molar-refractivity contribution < 1.29 is 13.2 Å². The van der Waals surface area contributed by atoms with Crippen molar-refractivity contribution in [3.05, 3.63) is 45.6 Å². The van der Waals surface area contributed by atoms with Crippen LogP contribution in [0.25, 0.3) is 5.69 Å². The monoisotopic (exact) mass is 372 g/mol.